The topological polar surface area (TPSA) is 17.1 Å². The molecular weight excluding hydrogens is 316 g/mol. The van der Waals surface area contributed by atoms with E-state index in [1.165, 1.54) is 64.2 Å². The average Bonchev–Trinajstić information content (AvgIpc) is 2.93. The first-order chi connectivity index (χ1) is 12.3. The molecule has 4 rings (SSSR count). The van der Waals surface area contributed by atoms with E-state index in [1.807, 2.05) is 6.92 Å². The molecule has 0 N–H and O–H groups in total. The lowest BCUT2D eigenvalue weighted by molar-refractivity contribution is -0.135. The smallest absolute Gasteiger partial charge is 0.133 e. The van der Waals surface area contributed by atoms with Crippen molar-refractivity contribution in [3.8, 4) is 0 Å². The van der Waals surface area contributed by atoms with Gasteiger partial charge in [0.25, 0.3) is 0 Å². The minimum absolute atomic E-state index is 0.332. The number of ketones is 1. The highest BCUT2D eigenvalue weighted by molar-refractivity contribution is 5.79. The van der Waals surface area contributed by atoms with Gasteiger partial charge in [-0.3, -0.25) is 4.79 Å². The van der Waals surface area contributed by atoms with E-state index >= 15 is 0 Å². The van der Waals surface area contributed by atoms with Crippen LogP contribution in [0.1, 0.15) is 106 Å². The van der Waals surface area contributed by atoms with Crippen molar-refractivity contribution in [2.24, 2.45) is 46.3 Å². The van der Waals surface area contributed by atoms with Crippen LogP contribution in [0.4, 0.5) is 0 Å². The molecule has 0 amide bonds. The molecule has 26 heavy (non-hydrogen) atoms. The first kappa shape index (κ1) is 20.4. The zero-order valence-corrected chi connectivity index (χ0v) is 18.4. The molecule has 1 heteroatoms. The van der Waals surface area contributed by atoms with Crippen LogP contribution in [0.3, 0.4) is 0 Å². The van der Waals surface area contributed by atoms with E-state index < -0.39 is 0 Å². The molecule has 8 atom stereocenters. The van der Waals surface area contributed by atoms with Gasteiger partial charge < -0.3 is 0 Å². The number of hydrogen-bond donors (Lipinski definition) is 0. The van der Waals surface area contributed by atoms with Crippen LogP contribution < -0.4 is 0 Å². The van der Waals surface area contributed by atoms with Crippen molar-refractivity contribution in [3.63, 3.8) is 0 Å². The van der Waals surface area contributed by atoms with Crippen LogP contribution in [0.2, 0.25) is 0 Å². The van der Waals surface area contributed by atoms with Crippen LogP contribution in [0.25, 0.3) is 0 Å². The van der Waals surface area contributed by atoms with E-state index in [4.69, 9.17) is 0 Å². The standard InChI is InChI=1S/C22H36O.C3H8/c1-14-9-11-21(3)16(13-14)5-6-17-19-8-7-18(15(2)23)22(19,4)12-10-20(17)21;1-3-2/h14,16-20H,5-13H2,1-4H3;3H2,1-2H3. The highest BCUT2D eigenvalue weighted by Crippen LogP contribution is 2.67. The van der Waals surface area contributed by atoms with Crippen LogP contribution in [0.5, 0.6) is 0 Å². The molecule has 0 heterocycles. The quantitative estimate of drug-likeness (QED) is 0.480. The van der Waals surface area contributed by atoms with Gasteiger partial charge in [0.05, 0.1) is 0 Å². The molecule has 150 valence electrons. The van der Waals surface area contributed by atoms with Gasteiger partial charge in [-0.1, -0.05) is 47.5 Å². The first-order valence-corrected chi connectivity index (χ1v) is 11.8. The minimum atomic E-state index is 0.332. The highest BCUT2D eigenvalue weighted by atomic mass is 16.1. The average molecular weight is 361 g/mol. The third kappa shape index (κ3) is 3.20. The number of rotatable bonds is 1. The van der Waals surface area contributed by atoms with Crippen molar-refractivity contribution in [1.29, 1.82) is 0 Å². The second-order valence-electron chi connectivity index (χ2n) is 11.0. The molecule has 0 saturated heterocycles. The molecule has 4 aliphatic rings. The maximum atomic E-state index is 12.2. The summed E-state index contributed by atoms with van der Waals surface area (Å²) in [4.78, 5) is 12.2. The summed E-state index contributed by atoms with van der Waals surface area (Å²) in [6.07, 6.45) is 13.8. The van der Waals surface area contributed by atoms with Crippen LogP contribution in [-0.4, -0.2) is 5.78 Å². The molecule has 4 saturated carbocycles. The van der Waals surface area contributed by atoms with Gasteiger partial charge in [0.2, 0.25) is 0 Å². The summed E-state index contributed by atoms with van der Waals surface area (Å²) < 4.78 is 0. The summed E-state index contributed by atoms with van der Waals surface area (Å²) in [5, 5.41) is 0. The van der Waals surface area contributed by atoms with Crippen LogP contribution >= 0.6 is 0 Å². The Hall–Kier alpha value is -0.330. The van der Waals surface area contributed by atoms with Crippen molar-refractivity contribution in [3.05, 3.63) is 0 Å². The zero-order valence-electron chi connectivity index (χ0n) is 18.4. The van der Waals surface area contributed by atoms with Gasteiger partial charge in [0.1, 0.15) is 5.78 Å². The molecule has 4 aliphatic carbocycles. The Kier molecular flexibility index (Phi) is 5.96. The molecular formula is C25H44O. The number of Topliss-reactive ketones (excluding diaryl/α,β-unsaturated/α-hetero) is 1. The predicted molar refractivity (Wildman–Crippen MR) is 111 cm³/mol. The lowest BCUT2D eigenvalue weighted by atomic mass is 9.44. The molecule has 0 aromatic carbocycles. The molecule has 0 aliphatic heterocycles. The van der Waals surface area contributed by atoms with Gasteiger partial charge in [-0.25, -0.2) is 0 Å². The van der Waals surface area contributed by atoms with Gasteiger partial charge >= 0.3 is 0 Å². The van der Waals surface area contributed by atoms with Gasteiger partial charge in [0.15, 0.2) is 0 Å². The molecule has 1 nitrogen and oxygen atoms in total. The molecule has 0 bridgehead atoms. The van der Waals surface area contributed by atoms with Crippen molar-refractivity contribution in [2.45, 2.75) is 106 Å². The molecule has 0 aromatic rings. The SMILES string of the molecule is CC(=O)C1CCC2C3CCC4CC(C)CCC4(C)C3CCC12C.CCC. The Balaban J connectivity index is 0.000000613. The van der Waals surface area contributed by atoms with Crippen molar-refractivity contribution in [1.82, 2.24) is 0 Å². The summed E-state index contributed by atoms with van der Waals surface area (Å²) in [6, 6.07) is 0. The van der Waals surface area contributed by atoms with Gasteiger partial charge in [0, 0.05) is 5.92 Å². The third-order valence-electron chi connectivity index (χ3n) is 9.42. The Morgan fingerprint density at radius 1 is 0.885 bits per heavy atom. The fourth-order valence-electron chi connectivity index (χ4n) is 8.14. The van der Waals surface area contributed by atoms with Crippen LogP contribution in [-0.2, 0) is 4.79 Å². The summed E-state index contributed by atoms with van der Waals surface area (Å²) in [5.74, 6) is 5.50. The lowest BCUT2D eigenvalue weighted by Gasteiger charge is -2.61. The molecule has 0 spiro atoms. The van der Waals surface area contributed by atoms with E-state index in [0.29, 0.717) is 22.5 Å². The largest absolute Gasteiger partial charge is 0.300 e. The number of fused-ring (bicyclic) bond motifs is 5. The van der Waals surface area contributed by atoms with E-state index in [1.54, 1.807) is 0 Å². The molecule has 0 aromatic heterocycles. The Morgan fingerprint density at radius 2 is 1.50 bits per heavy atom. The fourth-order valence-corrected chi connectivity index (χ4v) is 8.14. The second-order valence-corrected chi connectivity index (χ2v) is 11.0. The Morgan fingerprint density at radius 3 is 2.15 bits per heavy atom. The zero-order chi connectivity index (χ0) is 19.1. The predicted octanol–water partition coefficient (Wildman–Crippen LogP) is 7.29. The summed E-state index contributed by atoms with van der Waals surface area (Å²) in [7, 11) is 0. The van der Waals surface area contributed by atoms with Crippen molar-refractivity contribution in [2.75, 3.05) is 0 Å². The summed E-state index contributed by atoms with van der Waals surface area (Å²) >= 11 is 0. The number of hydrogen-bond acceptors (Lipinski definition) is 1. The maximum Gasteiger partial charge on any atom is 0.133 e. The second kappa shape index (κ2) is 7.59. The molecule has 4 fully saturated rings. The number of carbonyl (C=O) groups excluding carboxylic acids is 1. The van der Waals surface area contributed by atoms with Crippen molar-refractivity contribution >= 4 is 5.78 Å². The normalized spacial score (nSPS) is 49.9. The Labute approximate surface area is 163 Å². The number of carbonyl (C=O) groups is 1. The fraction of sp³-hybridized carbons (Fsp3) is 0.960. The van der Waals surface area contributed by atoms with Gasteiger partial charge in [-0.05, 0) is 98.7 Å². The summed E-state index contributed by atoms with van der Waals surface area (Å²) in [5.41, 5.74) is 0.948. The highest BCUT2D eigenvalue weighted by Gasteiger charge is 2.60. The Bertz CT molecular complexity index is 510. The monoisotopic (exact) mass is 360 g/mol. The van der Waals surface area contributed by atoms with Crippen molar-refractivity contribution < 1.29 is 4.79 Å². The van der Waals surface area contributed by atoms with E-state index in [2.05, 4.69) is 34.6 Å². The van der Waals surface area contributed by atoms with Crippen LogP contribution in [0, 0.1) is 46.3 Å². The maximum absolute atomic E-state index is 12.2. The third-order valence-corrected chi connectivity index (χ3v) is 9.42. The lowest BCUT2D eigenvalue weighted by Crippen LogP contribution is -2.53. The molecule has 8 unspecified atom stereocenters. The molecule has 0 radical (unpaired) electrons. The van der Waals surface area contributed by atoms with E-state index in [9.17, 15) is 4.79 Å². The first-order valence-electron chi connectivity index (χ1n) is 11.8. The van der Waals surface area contributed by atoms with Gasteiger partial charge in [-0.2, -0.15) is 0 Å². The minimum Gasteiger partial charge on any atom is -0.300 e. The van der Waals surface area contributed by atoms with Gasteiger partial charge in [-0.15, -0.1) is 0 Å². The van der Waals surface area contributed by atoms with E-state index in [-0.39, 0.29) is 0 Å². The van der Waals surface area contributed by atoms with Crippen LogP contribution in [0.15, 0.2) is 0 Å². The summed E-state index contributed by atoms with van der Waals surface area (Å²) in [6.45, 7) is 13.7. The van der Waals surface area contributed by atoms with E-state index in [0.717, 1.165) is 29.6 Å².